The molecule has 2 heterocycles. The van der Waals surface area contributed by atoms with Crippen LogP contribution < -0.4 is 0 Å². The summed E-state index contributed by atoms with van der Waals surface area (Å²) in [5.74, 6) is -1.20. The molecule has 0 fully saturated rings. The smallest absolute Gasteiger partial charge is 0.283 e. The van der Waals surface area contributed by atoms with Crippen molar-refractivity contribution < 1.29 is 13.2 Å². The number of rotatable bonds is 2. The molecule has 1 N–H and O–H groups in total. The van der Waals surface area contributed by atoms with Crippen LogP contribution in [0.25, 0.3) is 16.9 Å². The van der Waals surface area contributed by atoms with Crippen LogP contribution in [0.2, 0.25) is 5.02 Å². The van der Waals surface area contributed by atoms with Gasteiger partial charge in [0.1, 0.15) is 17.7 Å². The highest BCUT2D eigenvalue weighted by molar-refractivity contribution is 6.30. The molecular formula is C12H7ClF3N5. The molecule has 21 heavy (non-hydrogen) atoms. The third kappa shape index (κ3) is 2.62. The van der Waals surface area contributed by atoms with Crippen LogP contribution in [-0.2, 0) is 6.18 Å². The van der Waals surface area contributed by atoms with Crippen LogP contribution in [-0.4, -0.2) is 25.0 Å². The summed E-state index contributed by atoms with van der Waals surface area (Å²) >= 11 is 5.80. The Morgan fingerprint density at radius 2 is 1.86 bits per heavy atom. The van der Waals surface area contributed by atoms with Gasteiger partial charge in [-0.25, -0.2) is 9.67 Å². The minimum Gasteiger partial charge on any atom is -0.283 e. The Labute approximate surface area is 121 Å². The molecular weight excluding hydrogens is 307 g/mol. The topological polar surface area (TPSA) is 59.4 Å². The Bertz CT molecular complexity index is 760. The molecule has 0 amide bonds. The third-order valence-electron chi connectivity index (χ3n) is 2.73. The number of aromatic nitrogens is 5. The van der Waals surface area contributed by atoms with E-state index < -0.39 is 12.0 Å². The van der Waals surface area contributed by atoms with Gasteiger partial charge in [0.25, 0.3) is 5.82 Å². The highest BCUT2D eigenvalue weighted by atomic mass is 35.5. The van der Waals surface area contributed by atoms with Crippen LogP contribution in [0.15, 0.2) is 36.8 Å². The molecule has 108 valence electrons. The first-order valence-electron chi connectivity index (χ1n) is 5.74. The fourth-order valence-corrected chi connectivity index (χ4v) is 1.91. The molecule has 0 unspecified atom stereocenters. The summed E-state index contributed by atoms with van der Waals surface area (Å²) < 4.78 is 38.6. The Hall–Kier alpha value is -2.35. The van der Waals surface area contributed by atoms with Crippen LogP contribution in [0, 0.1) is 0 Å². The number of benzene rings is 1. The van der Waals surface area contributed by atoms with E-state index in [1.807, 2.05) is 0 Å². The molecule has 0 saturated carbocycles. The Morgan fingerprint density at radius 1 is 1.14 bits per heavy atom. The Morgan fingerprint density at radius 3 is 2.48 bits per heavy atom. The van der Waals surface area contributed by atoms with Gasteiger partial charge in [-0.3, -0.25) is 5.10 Å². The van der Waals surface area contributed by atoms with Crippen molar-refractivity contribution in [2.75, 3.05) is 0 Å². The largest absolute Gasteiger partial charge is 0.453 e. The number of hydrogen-bond acceptors (Lipinski definition) is 3. The number of halogens is 4. The van der Waals surface area contributed by atoms with Gasteiger partial charge in [-0.15, -0.1) is 5.10 Å². The Balaban J connectivity index is 2.03. The molecule has 2 aromatic heterocycles. The van der Waals surface area contributed by atoms with Gasteiger partial charge in [0.05, 0.1) is 0 Å². The summed E-state index contributed by atoms with van der Waals surface area (Å²) in [6.07, 6.45) is -2.15. The van der Waals surface area contributed by atoms with Gasteiger partial charge < -0.3 is 0 Å². The number of H-pyrrole nitrogens is 1. The molecule has 0 aliphatic heterocycles. The minimum atomic E-state index is -4.59. The lowest BCUT2D eigenvalue weighted by atomic mass is 10.1. The van der Waals surface area contributed by atoms with Crippen molar-refractivity contribution in [3.63, 3.8) is 0 Å². The average Bonchev–Trinajstić information content (AvgIpc) is 3.07. The van der Waals surface area contributed by atoms with Crippen molar-refractivity contribution in [1.29, 1.82) is 0 Å². The second kappa shape index (κ2) is 4.88. The lowest BCUT2D eigenvalue weighted by Crippen LogP contribution is -2.08. The summed E-state index contributed by atoms with van der Waals surface area (Å²) in [4.78, 5) is 3.26. The van der Waals surface area contributed by atoms with Crippen molar-refractivity contribution in [3.05, 3.63) is 47.6 Å². The maximum atomic E-state index is 12.5. The zero-order valence-corrected chi connectivity index (χ0v) is 11.0. The van der Waals surface area contributed by atoms with Gasteiger partial charge in [-0.2, -0.15) is 18.3 Å². The van der Waals surface area contributed by atoms with E-state index in [2.05, 4.69) is 20.3 Å². The molecule has 0 aliphatic carbocycles. The molecule has 5 nitrogen and oxygen atoms in total. The lowest BCUT2D eigenvalue weighted by molar-refractivity contribution is -0.144. The first-order valence-corrected chi connectivity index (χ1v) is 6.12. The van der Waals surface area contributed by atoms with E-state index in [1.165, 1.54) is 6.20 Å². The van der Waals surface area contributed by atoms with Crippen molar-refractivity contribution in [1.82, 2.24) is 25.0 Å². The second-order valence-electron chi connectivity index (χ2n) is 4.14. The van der Waals surface area contributed by atoms with E-state index in [0.29, 0.717) is 22.0 Å². The zero-order valence-electron chi connectivity index (χ0n) is 10.3. The first kappa shape index (κ1) is 13.6. The molecule has 0 atom stereocenters. The Kier molecular flexibility index (Phi) is 3.17. The van der Waals surface area contributed by atoms with E-state index in [4.69, 9.17) is 11.6 Å². The standard InChI is InChI=1S/C12H7ClF3N5/c13-8-3-1-7(2-4-8)10-9(5-18-19-10)21-6-17-11(20-21)12(14,15)16/h1-6H,(H,18,19). The van der Waals surface area contributed by atoms with Gasteiger partial charge in [-0.1, -0.05) is 23.7 Å². The van der Waals surface area contributed by atoms with Gasteiger partial charge >= 0.3 is 6.18 Å². The molecule has 3 rings (SSSR count). The van der Waals surface area contributed by atoms with E-state index in [0.717, 1.165) is 11.0 Å². The van der Waals surface area contributed by atoms with Crippen molar-refractivity contribution in [2.45, 2.75) is 6.18 Å². The summed E-state index contributed by atoms with van der Waals surface area (Å²) in [7, 11) is 0. The van der Waals surface area contributed by atoms with Crippen LogP contribution in [0.1, 0.15) is 5.82 Å². The monoisotopic (exact) mass is 313 g/mol. The summed E-state index contributed by atoms with van der Waals surface area (Å²) in [6, 6.07) is 6.75. The maximum absolute atomic E-state index is 12.5. The summed E-state index contributed by atoms with van der Waals surface area (Å²) in [6.45, 7) is 0. The predicted octanol–water partition coefficient (Wildman–Crippen LogP) is 3.33. The van der Waals surface area contributed by atoms with Crippen LogP contribution >= 0.6 is 11.6 Å². The number of aromatic amines is 1. The van der Waals surface area contributed by atoms with Gasteiger partial charge in [0.15, 0.2) is 0 Å². The molecule has 0 aliphatic rings. The average molecular weight is 314 g/mol. The molecule has 3 aromatic rings. The van der Waals surface area contributed by atoms with Crippen molar-refractivity contribution in [3.8, 4) is 16.9 Å². The zero-order chi connectivity index (χ0) is 15.0. The molecule has 0 saturated heterocycles. The molecule has 0 bridgehead atoms. The SMILES string of the molecule is FC(F)(F)c1ncn(-c2c[nH]nc2-c2ccc(Cl)cc2)n1. The van der Waals surface area contributed by atoms with E-state index >= 15 is 0 Å². The van der Waals surface area contributed by atoms with Crippen LogP contribution in [0.5, 0.6) is 0 Å². The summed E-state index contributed by atoms with van der Waals surface area (Å²) in [5.41, 5.74) is 1.50. The number of alkyl halides is 3. The highest BCUT2D eigenvalue weighted by Crippen LogP contribution is 2.28. The van der Waals surface area contributed by atoms with Gasteiger partial charge in [0.2, 0.25) is 0 Å². The molecule has 0 spiro atoms. The van der Waals surface area contributed by atoms with E-state index in [-0.39, 0.29) is 0 Å². The molecule has 9 heteroatoms. The number of nitrogens with one attached hydrogen (secondary N) is 1. The minimum absolute atomic E-state index is 0.361. The fourth-order valence-electron chi connectivity index (χ4n) is 1.79. The lowest BCUT2D eigenvalue weighted by Gasteiger charge is -2.02. The van der Waals surface area contributed by atoms with Gasteiger partial charge in [0, 0.05) is 16.8 Å². The van der Waals surface area contributed by atoms with Crippen LogP contribution in [0.3, 0.4) is 0 Å². The van der Waals surface area contributed by atoms with E-state index in [9.17, 15) is 13.2 Å². The third-order valence-corrected chi connectivity index (χ3v) is 2.98. The fraction of sp³-hybridized carbons (Fsp3) is 0.0833. The predicted molar refractivity (Wildman–Crippen MR) is 69.0 cm³/mol. The van der Waals surface area contributed by atoms with Gasteiger partial charge in [-0.05, 0) is 12.1 Å². The molecule has 1 aromatic carbocycles. The van der Waals surface area contributed by atoms with E-state index in [1.54, 1.807) is 24.3 Å². The molecule has 0 radical (unpaired) electrons. The quantitative estimate of drug-likeness (QED) is 0.789. The maximum Gasteiger partial charge on any atom is 0.453 e. The highest BCUT2D eigenvalue weighted by Gasteiger charge is 2.36. The van der Waals surface area contributed by atoms with Crippen LogP contribution in [0.4, 0.5) is 13.2 Å². The number of hydrogen-bond donors (Lipinski definition) is 1. The van der Waals surface area contributed by atoms with Crippen molar-refractivity contribution in [2.24, 2.45) is 0 Å². The summed E-state index contributed by atoms with van der Waals surface area (Å²) in [5, 5.41) is 10.6. The number of nitrogens with zero attached hydrogens (tertiary/aromatic N) is 4. The van der Waals surface area contributed by atoms with Crippen molar-refractivity contribution >= 4 is 11.6 Å². The first-order chi connectivity index (χ1) is 9.95. The second-order valence-corrected chi connectivity index (χ2v) is 4.57. The normalized spacial score (nSPS) is 11.8.